The molecule has 13 heavy (non-hydrogen) atoms. The number of nitrogens with zero attached hydrogens (tertiary/aromatic N) is 1. The third kappa shape index (κ3) is 5.75. The molecular formula is C11H15NO. The fraction of sp³-hybridized carbons (Fsp3) is 0.364. The molecule has 0 aliphatic carbocycles. The summed E-state index contributed by atoms with van der Waals surface area (Å²) in [7, 11) is 0. The third-order valence-electron chi connectivity index (χ3n) is 1.18. The van der Waals surface area contributed by atoms with Gasteiger partial charge in [-0.15, -0.1) is 5.26 Å². The molecule has 0 saturated heterocycles. The number of hydrogen-bond donors (Lipinski definition) is 0. The summed E-state index contributed by atoms with van der Waals surface area (Å²) in [6.45, 7) is 6.23. The summed E-state index contributed by atoms with van der Waals surface area (Å²) in [5, 5.41) is 8.12. The maximum absolute atomic E-state index is 8.12. The van der Waals surface area contributed by atoms with E-state index in [2.05, 4.69) is 18.6 Å². The standard InChI is InChI=1S/C8H7NO.C3H8/c1-7-2-4-8(5-3-7)10-6-9;1-3-2/h2-5H,1H3;3H2,1-2H3. The first kappa shape index (κ1) is 11.5. The van der Waals surface area contributed by atoms with Crippen LogP contribution in [0, 0.1) is 18.4 Å². The van der Waals surface area contributed by atoms with Gasteiger partial charge in [0.2, 0.25) is 0 Å². The summed E-state index contributed by atoms with van der Waals surface area (Å²) in [5.74, 6) is 0.591. The molecule has 0 amide bonds. The Kier molecular flexibility index (Phi) is 6.35. The molecule has 0 N–H and O–H groups in total. The molecule has 70 valence electrons. The highest BCUT2D eigenvalue weighted by atomic mass is 16.5. The van der Waals surface area contributed by atoms with Crippen molar-refractivity contribution < 1.29 is 4.74 Å². The Balaban J connectivity index is 0.000000424. The molecule has 0 heterocycles. The van der Waals surface area contributed by atoms with Crippen molar-refractivity contribution >= 4 is 0 Å². The smallest absolute Gasteiger partial charge is 0.292 e. The molecule has 0 radical (unpaired) electrons. The molecule has 1 aromatic rings. The largest absolute Gasteiger partial charge is 0.388 e. The van der Waals surface area contributed by atoms with Gasteiger partial charge in [-0.3, -0.25) is 0 Å². The SMILES string of the molecule is CCC.Cc1ccc(OC#N)cc1. The first-order valence-corrected chi connectivity index (χ1v) is 4.37. The fourth-order valence-electron chi connectivity index (χ4n) is 0.659. The highest BCUT2D eigenvalue weighted by Gasteiger charge is 1.88. The van der Waals surface area contributed by atoms with Crippen molar-refractivity contribution in [1.29, 1.82) is 5.26 Å². The molecule has 0 unspecified atom stereocenters. The highest BCUT2D eigenvalue weighted by Crippen LogP contribution is 2.10. The minimum atomic E-state index is 0.591. The van der Waals surface area contributed by atoms with Gasteiger partial charge in [0.1, 0.15) is 5.75 Å². The van der Waals surface area contributed by atoms with Gasteiger partial charge in [0.25, 0.3) is 6.26 Å². The van der Waals surface area contributed by atoms with Gasteiger partial charge in [0, 0.05) is 0 Å². The van der Waals surface area contributed by atoms with Gasteiger partial charge < -0.3 is 4.74 Å². The van der Waals surface area contributed by atoms with Crippen LogP contribution in [-0.2, 0) is 0 Å². The molecule has 1 aromatic carbocycles. The van der Waals surface area contributed by atoms with E-state index in [0.717, 1.165) is 5.56 Å². The van der Waals surface area contributed by atoms with Crippen LogP contribution in [0.15, 0.2) is 24.3 Å². The average Bonchev–Trinajstić information content (AvgIpc) is 2.11. The Morgan fingerprint density at radius 3 is 2.08 bits per heavy atom. The molecule has 2 nitrogen and oxygen atoms in total. The lowest BCUT2D eigenvalue weighted by Crippen LogP contribution is -1.80. The summed E-state index contributed by atoms with van der Waals surface area (Å²) in [6, 6.07) is 7.32. The number of hydrogen-bond acceptors (Lipinski definition) is 2. The Morgan fingerprint density at radius 2 is 1.69 bits per heavy atom. The van der Waals surface area contributed by atoms with Crippen molar-refractivity contribution in [2.24, 2.45) is 0 Å². The zero-order valence-corrected chi connectivity index (χ0v) is 8.37. The third-order valence-corrected chi connectivity index (χ3v) is 1.18. The second-order valence-electron chi connectivity index (χ2n) is 2.71. The molecule has 1 rings (SSSR count). The zero-order chi connectivity index (χ0) is 10.1. The Bertz CT molecular complexity index is 258. The van der Waals surface area contributed by atoms with Crippen molar-refractivity contribution in [2.75, 3.05) is 0 Å². The Labute approximate surface area is 79.8 Å². The Morgan fingerprint density at radius 1 is 1.23 bits per heavy atom. The summed E-state index contributed by atoms with van der Waals surface area (Å²) in [5.41, 5.74) is 1.16. The lowest BCUT2D eigenvalue weighted by molar-refractivity contribution is 0.507. The van der Waals surface area contributed by atoms with Crippen molar-refractivity contribution in [1.82, 2.24) is 0 Å². The molecule has 0 aliphatic heterocycles. The lowest BCUT2D eigenvalue weighted by Gasteiger charge is -1.94. The van der Waals surface area contributed by atoms with Crippen LogP contribution in [0.5, 0.6) is 5.75 Å². The van der Waals surface area contributed by atoms with Crippen LogP contribution in [0.25, 0.3) is 0 Å². The molecule has 0 atom stereocenters. The number of benzene rings is 1. The van der Waals surface area contributed by atoms with Gasteiger partial charge in [-0.05, 0) is 19.1 Å². The van der Waals surface area contributed by atoms with Gasteiger partial charge in [-0.1, -0.05) is 38.0 Å². The quantitative estimate of drug-likeness (QED) is 0.617. The van der Waals surface area contributed by atoms with Crippen molar-refractivity contribution in [3.63, 3.8) is 0 Å². The molecule has 0 fully saturated rings. The number of nitriles is 1. The van der Waals surface area contributed by atoms with Crippen molar-refractivity contribution in [2.45, 2.75) is 27.2 Å². The van der Waals surface area contributed by atoms with Crippen molar-refractivity contribution in [3.8, 4) is 12.0 Å². The highest BCUT2D eigenvalue weighted by molar-refractivity contribution is 5.26. The van der Waals surface area contributed by atoms with E-state index < -0.39 is 0 Å². The van der Waals surface area contributed by atoms with Crippen LogP contribution in [0.3, 0.4) is 0 Å². The van der Waals surface area contributed by atoms with Gasteiger partial charge in [-0.25, -0.2) is 0 Å². The second-order valence-corrected chi connectivity index (χ2v) is 2.71. The molecule has 0 aliphatic rings. The molecule has 0 bridgehead atoms. The van der Waals surface area contributed by atoms with Crippen LogP contribution in [-0.4, -0.2) is 0 Å². The van der Waals surface area contributed by atoms with E-state index in [1.165, 1.54) is 6.42 Å². The van der Waals surface area contributed by atoms with E-state index in [1.807, 2.05) is 19.1 Å². The van der Waals surface area contributed by atoms with Gasteiger partial charge in [0.05, 0.1) is 0 Å². The van der Waals surface area contributed by atoms with E-state index in [1.54, 1.807) is 18.4 Å². The van der Waals surface area contributed by atoms with Crippen LogP contribution in [0.1, 0.15) is 25.8 Å². The van der Waals surface area contributed by atoms with Crippen LogP contribution >= 0.6 is 0 Å². The van der Waals surface area contributed by atoms with E-state index in [0.29, 0.717) is 5.75 Å². The number of rotatable bonds is 1. The minimum Gasteiger partial charge on any atom is -0.388 e. The lowest BCUT2D eigenvalue weighted by atomic mass is 10.2. The maximum atomic E-state index is 8.12. The molecule has 0 aromatic heterocycles. The molecular weight excluding hydrogens is 162 g/mol. The first-order valence-electron chi connectivity index (χ1n) is 4.37. The van der Waals surface area contributed by atoms with Crippen LogP contribution < -0.4 is 4.74 Å². The van der Waals surface area contributed by atoms with E-state index in [9.17, 15) is 0 Å². The minimum absolute atomic E-state index is 0.591. The molecule has 2 heteroatoms. The second kappa shape index (κ2) is 7.17. The van der Waals surface area contributed by atoms with Crippen LogP contribution in [0.2, 0.25) is 0 Å². The molecule has 0 saturated carbocycles. The van der Waals surface area contributed by atoms with E-state index in [4.69, 9.17) is 5.26 Å². The average molecular weight is 177 g/mol. The first-order chi connectivity index (χ1) is 6.24. The topological polar surface area (TPSA) is 33.0 Å². The van der Waals surface area contributed by atoms with Crippen LogP contribution in [0.4, 0.5) is 0 Å². The monoisotopic (exact) mass is 177 g/mol. The Hall–Kier alpha value is -1.49. The summed E-state index contributed by atoms with van der Waals surface area (Å²) >= 11 is 0. The van der Waals surface area contributed by atoms with Gasteiger partial charge in [-0.2, -0.15) is 0 Å². The van der Waals surface area contributed by atoms with E-state index in [-0.39, 0.29) is 0 Å². The number of ether oxygens (including phenoxy) is 1. The zero-order valence-electron chi connectivity index (χ0n) is 8.37. The van der Waals surface area contributed by atoms with E-state index >= 15 is 0 Å². The number of aryl methyl sites for hydroxylation is 1. The molecule has 0 spiro atoms. The van der Waals surface area contributed by atoms with Crippen molar-refractivity contribution in [3.05, 3.63) is 29.8 Å². The summed E-state index contributed by atoms with van der Waals surface area (Å²) in [6.07, 6.45) is 2.85. The predicted molar refractivity (Wildman–Crippen MR) is 53.4 cm³/mol. The summed E-state index contributed by atoms with van der Waals surface area (Å²) < 4.78 is 4.57. The maximum Gasteiger partial charge on any atom is 0.292 e. The fourth-order valence-corrected chi connectivity index (χ4v) is 0.659. The predicted octanol–water partition coefficient (Wildman–Crippen LogP) is 3.27. The normalized spacial score (nSPS) is 7.85. The van der Waals surface area contributed by atoms with Gasteiger partial charge >= 0.3 is 0 Å². The summed E-state index contributed by atoms with van der Waals surface area (Å²) in [4.78, 5) is 0. The van der Waals surface area contributed by atoms with Gasteiger partial charge in [0.15, 0.2) is 0 Å².